The minimum absolute atomic E-state index is 0.106. The van der Waals surface area contributed by atoms with E-state index < -0.39 is 0 Å². The normalized spacial score (nSPS) is 11.2. The Kier molecular flexibility index (Phi) is 3.07. The summed E-state index contributed by atoms with van der Waals surface area (Å²) in [4.78, 5) is 4.71. The smallest absolute Gasteiger partial charge is 0.123 e. The Morgan fingerprint density at radius 1 is 1.22 bits per heavy atom. The van der Waals surface area contributed by atoms with Crippen molar-refractivity contribution in [1.29, 1.82) is 5.41 Å². The van der Waals surface area contributed by atoms with Crippen LogP contribution < -0.4 is 5.73 Å². The summed E-state index contributed by atoms with van der Waals surface area (Å²) in [5, 5.41) is 8.72. The first-order chi connectivity index (χ1) is 8.40. The van der Waals surface area contributed by atoms with Gasteiger partial charge in [0, 0.05) is 16.6 Å². The second-order valence-electron chi connectivity index (χ2n) is 5.14. The molecule has 0 bridgehead atoms. The lowest BCUT2D eigenvalue weighted by molar-refractivity contribution is 0.829. The van der Waals surface area contributed by atoms with Crippen molar-refractivity contribution in [2.24, 2.45) is 5.73 Å². The van der Waals surface area contributed by atoms with Crippen molar-refractivity contribution in [3.63, 3.8) is 0 Å². The molecule has 0 aliphatic rings. The van der Waals surface area contributed by atoms with E-state index >= 15 is 0 Å². The Morgan fingerprint density at radius 3 is 2.44 bits per heavy atom. The molecule has 3 nitrogen and oxygen atoms in total. The number of nitrogens with one attached hydrogen (secondary N) is 1. The summed E-state index contributed by atoms with van der Waals surface area (Å²) in [6, 6.07) is 6.10. The van der Waals surface area contributed by atoms with Crippen LogP contribution in [0.3, 0.4) is 0 Å². The Hall–Kier alpha value is -1.90. The van der Waals surface area contributed by atoms with Gasteiger partial charge in [0.05, 0.1) is 5.52 Å². The molecule has 0 aliphatic heterocycles. The number of fused-ring (bicyclic) bond motifs is 1. The molecular formula is C15H19N3. The maximum Gasteiger partial charge on any atom is 0.123 e. The van der Waals surface area contributed by atoms with Crippen LogP contribution in [-0.2, 0) is 0 Å². The fourth-order valence-corrected chi connectivity index (χ4v) is 2.22. The third-order valence-electron chi connectivity index (χ3n) is 3.15. The summed E-state index contributed by atoms with van der Waals surface area (Å²) >= 11 is 0. The van der Waals surface area contributed by atoms with Crippen LogP contribution in [-0.4, -0.2) is 10.8 Å². The molecule has 3 N–H and O–H groups in total. The Bertz CT molecular complexity index is 627. The van der Waals surface area contributed by atoms with Crippen molar-refractivity contribution in [3.05, 3.63) is 40.6 Å². The van der Waals surface area contributed by atoms with E-state index in [4.69, 9.17) is 16.1 Å². The van der Waals surface area contributed by atoms with E-state index in [-0.39, 0.29) is 5.84 Å². The molecule has 0 fully saturated rings. The maximum absolute atomic E-state index is 7.75. The molecule has 3 heteroatoms. The number of hydrogen-bond donors (Lipinski definition) is 2. The van der Waals surface area contributed by atoms with Gasteiger partial charge in [-0.1, -0.05) is 25.5 Å². The summed E-state index contributed by atoms with van der Waals surface area (Å²) in [6.45, 7) is 8.30. The zero-order valence-electron chi connectivity index (χ0n) is 11.3. The number of hydrogen-bond acceptors (Lipinski definition) is 2. The molecule has 0 saturated carbocycles. The van der Waals surface area contributed by atoms with Gasteiger partial charge >= 0.3 is 0 Å². The largest absolute Gasteiger partial charge is 0.384 e. The average Bonchev–Trinajstić information content (AvgIpc) is 2.27. The highest BCUT2D eigenvalue weighted by molar-refractivity contribution is 6.07. The first-order valence-electron chi connectivity index (χ1n) is 6.16. The summed E-state index contributed by atoms with van der Waals surface area (Å²) in [6.07, 6.45) is 0. The van der Waals surface area contributed by atoms with E-state index in [1.54, 1.807) is 0 Å². The molecule has 0 atom stereocenters. The molecule has 1 aromatic carbocycles. The summed E-state index contributed by atoms with van der Waals surface area (Å²) in [7, 11) is 0. The van der Waals surface area contributed by atoms with E-state index in [0.29, 0.717) is 5.92 Å². The molecule has 1 aromatic heterocycles. The SMILES string of the molecule is Cc1cc(C)c2nc(C(C)C)cc(C(=N)N)c2c1. The molecule has 2 rings (SSSR count). The zero-order valence-corrected chi connectivity index (χ0v) is 11.3. The molecule has 0 unspecified atom stereocenters. The lowest BCUT2D eigenvalue weighted by Gasteiger charge is -2.13. The fraction of sp³-hybridized carbons (Fsp3) is 0.333. The summed E-state index contributed by atoms with van der Waals surface area (Å²) in [5.41, 5.74) is 10.7. The summed E-state index contributed by atoms with van der Waals surface area (Å²) < 4.78 is 0. The molecule has 1 heterocycles. The lowest BCUT2D eigenvalue weighted by Crippen LogP contribution is -2.13. The highest BCUT2D eigenvalue weighted by Gasteiger charge is 2.12. The molecule has 0 radical (unpaired) electrons. The maximum atomic E-state index is 7.75. The van der Waals surface area contributed by atoms with Gasteiger partial charge in [-0.2, -0.15) is 0 Å². The van der Waals surface area contributed by atoms with Gasteiger partial charge in [-0.05, 0) is 37.5 Å². The molecule has 2 aromatic rings. The topological polar surface area (TPSA) is 62.8 Å². The summed E-state index contributed by atoms with van der Waals surface area (Å²) in [5.74, 6) is 0.433. The van der Waals surface area contributed by atoms with Crippen molar-refractivity contribution in [3.8, 4) is 0 Å². The van der Waals surface area contributed by atoms with Gasteiger partial charge in [-0.3, -0.25) is 10.4 Å². The molecule has 94 valence electrons. The van der Waals surface area contributed by atoms with Crippen LogP contribution in [0, 0.1) is 19.3 Å². The number of nitrogens with two attached hydrogens (primary N) is 1. The number of aryl methyl sites for hydroxylation is 2. The van der Waals surface area contributed by atoms with Crippen LogP contribution in [0.15, 0.2) is 18.2 Å². The van der Waals surface area contributed by atoms with Crippen molar-refractivity contribution in [2.45, 2.75) is 33.6 Å². The van der Waals surface area contributed by atoms with Gasteiger partial charge < -0.3 is 5.73 Å². The predicted molar refractivity (Wildman–Crippen MR) is 76.3 cm³/mol. The number of rotatable bonds is 2. The number of nitrogen functional groups attached to an aromatic ring is 1. The van der Waals surface area contributed by atoms with Crippen molar-refractivity contribution in [2.75, 3.05) is 0 Å². The van der Waals surface area contributed by atoms with E-state index in [2.05, 4.69) is 32.9 Å². The first-order valence-corrected chi connectivity index (χ1v) is 6.16. The number of benzene rings is 1. The highest BCUT2D eigenvalue weighted by atomic mass is 14.7. The van der Waals surface area contributed by atoms with Crippen molar-refractivity contribution < 1.29 is 0 Å². The number of nitrogens with zero attached hydrogens (tertiary/aromatic N) is 1. The molecule has 0 spiro atoms. The molecule has 0 saturated heterocycles. The number of pyridine rings is 1. The average molecular weight is 241 g/mol. The van der Waals surface area contributed by atoms with Gasteiger partial charge in [0.1, 0.15) is 5.84 Å². The predicted octanol–water partition coefficient (Wildman–Crippen LogP) is 3.26. The Balaban J connectivity index is 2.90. The zero-order chi connectivity index (χ0) is 13.4. The monoisotopic (exact) mass is 241 g/mol. The second kappa shape index (κ2) is 4.41. The van der Waals surface area contributed by atoms with E-state index in [1.807, 2.05) is 13.0 Å². The molecular weight excluding hydrogens is 222 g/mol. The highest BCUT2D eigenvalue weighted by Crippen LogP contribution is 2.25. The number of amidine groups is 1. The van der Waals surface area contributed by atoms with Crippen LogP contribution >= 0.6 is 0 Å². The minimum Gasteiger partial charge on any atom is -0.384 e. The minimum atomic E-state index is 0.106. The molecule has 0 amide bonds. The Morgan fingerprint density at radius 2 is 1.89 bits per heavy atom. The third-order valence-corrected chi connectivity index (χ3v) is 3.15. The van der Waals surface area contributed by atoms with Gasteiger partial charge in [0.25, 0.3) is 0 Å². The molecule has 0 aliphatic carbocycles. The van der Waals surface area contributed by atoms with Crippen LogP contribution in [0.2, 0.25) is 0 Å². The van der Waals surface area contributed by atoms with Crippen LogP contribution in [0.1, 0.15) is 42.1 Å². The Labute approximate surface area is 108 Å². The van der Waals surface area contributed by atoms with Crippen LogP contribution in [0.5, 0.6) is 0 Å². The van der Waals surface area contributed by atoms with Crippen molar-refractivity contribution in [1.82, 2.24) is 4.98 Å². The number of aromatic nitrogens is 1. The van der Waals surface area contributed by atoms with Crippen LogP contribution in [0.25, 0.3) is 10.9 Å². The first kappa shape index (κ1) is 12.6. The van der Waals surface area contributed by atoms with Crippen LogP contribution in [0.4, 0.5) is 0 Å². The third kappa shape index (κ3) is 2.08. The van der Waals surface area contributed by atoms with Gasteiger partial charge in [-0.15, -0.1) is 0 Å². The van der Waals surface area contributed by atoms with E-state index in [9.17, 15) is 0 Å². The van der Waals surface area contributed by atoms with Crippen molar-refractivity contribution >= 4 is 16.7 Å². The second-order valence-corrected chi connectivity index (χ2v) is 5.14. The standard InChI is InChI=1S/C15H19N3/c1-8(2)13-7-12(15(16)17)11-6-9(3)5-10(4)14(11)18-13/h5-8H,1-4H3,(H3,16,17). The van der Waals surface area contributed by atoms with Gasteiger partial charge in [0.2, 0.25) is 0 Å². The van der Waals surface area contributed by atoms with Gasteiger partial charge in [0.15, 0.2) is 0 Å². The fourth-order valence-electron chi connectivity index (χ4n) is 2.22. The lowest BCUT2D eigenvalue weighted by atomic mass is 9.98. The van der Waals surface area contributed by atoms with E-state index in [1.165, 1.54) is 5.56 Å². The van der Waals surface area contributed by atoms with Gasteiger partial charge in [-0.25, -0.2) is 0 Å². The molecule has 18 heavy (non-hydrogen) atoms. The van der Waals surface area contributed by atoms with E-state index in [0.717, 1.165) is 27.7 Å². The quantitative estimate of drug-likeness (QED) is 0.626.